The van der Waals surface area contributed by atoms with Crippen molar-refractivity contribution in [1.82, 2.24) is 10.2 Å². The molecular formula is C13H19Br2Cl2N3O. The number of benzene rings is 1. The Bertz CT molecular complexity index is 459. The number of halogens is 4. The van der Waals surface area contributed by atoms with E-state index in [1.54, 1.807) is 0 Å². The van der Waals surface area contributed by atoms with Gasteiger partial charge in [0, 0.05) is 35.1 Å². The van der Waals surface area contributed by atoms with Gasteiger partial charge in [-0.15, -0.1) is 24.8 Å². The van der Waals surface area contributed by atoms with Gasteiger partial charge in [0.15, 0.2) is 0 Å². The van der Waals surface area contributed by atoms with E-state index in [-0.39, 0.29) is 30.7 Å². The second-order valence-electron chi connectivity index (χ2n) is 4.68. The van der Waals surface area contributed by atoms with Crippen molar-refractivity contribution in [2.75, 3.05) is 38.0 Å². The molecule has 120 valence electrons. The Morgan fingerprint density at radius 3 is 2.29 bits per heavy atom. The average molecular weight is 464 g/mol. The zero-order valence-corrected chi connectivity index (χ0v) is 16.4. The molecule has 0 atom stereocenters. The van der Waals surface area contributed by atoms with E-state index in [4.69, 9.17) is 0 Å². The zero-order chi connectivity index (χ0) is 13.8. The van der Waals surface area contributed by atoms with Crippen molar-refractivity contribution in [1.29, 1.82) is 0 Å². The van der Waals surface area contributed by atoms with E-state index in [0.29, 0.717) is 6.54 Å². The molecule has 0 saturated carbocycles. The first-order valence-corrected chi connectivity index (χ1v) is 7.83. The van der Waals surface area contributed by atoms with Gasteiger partial charge < -0.3 is 10.6 Å². The number of nitrogens with zero attached hydrogens (tertiary/aromatic N) is 1. The third kappa shape index (κ3) is 6.42. The molecule has 1 aromatic carbocycles. The minimum atomic E-state index is 0. The molecule has 0 radical (unpaired) electrons. The molecule has 1 fully saturated rings. The van der Waals surface area contributed by atoms with Crippen LogP contribution in [0.5, 0.6) is 0 Å². The standard InChI is InChI=1S/C13H17Br2N3O.2ClH/c1-9-6-10(14)13(11(15)7-9)17-12(19)8-18-4-2-16-3-5-18;;/h6-7,16H,2-5,8H2,1H3,(H,17,19);2*1H. The number of carbonyl (C=O) groups excluding carboxylic acids is 1. The lowest BCUT2D eigenvalue weighted by Gasteiger charge is -2.26. The summed E-state index contributed by atoms with van der Waals surface area (Å²) in [5.74, 6) is 0.0205. The summed E-state index contributed by atoms with van der Waals surface area (Å²) in [6.45, 7) is 6.19. The number of rotatable bonds is 3. The summed E-state index contributed by atoms with van der Waals surface area (Å²) in [5.41, 5.74) is 1.93. The van der Waals surface area contributed by atoms with Crippen molar-refractivity contribution in [3.63, 3.8) is 0 Å². The van der Waals surface area contributed by atoms with Crippen LogP contribution < -0.4 is 10.6 Å². The van der Waals surface area contributed by atoms with Crippen LogP contribution in [0.15, 0.2) is 21.1 Å². The van der Waals surface area contributed by atoms with Crippen LogP contribution in [0.2, 0.25) is 0 Å². The first kappa shape index (κ1) is 21.1. The van der Waals surface area contributed by atoms with E-state index in [0.717, 1.165) is 46.4 Å². The van der Waals surface area contributed by atoms with Gasteiger partial charge in [0.1, 0.15) is 0 Å². The fourth-order valence-corrected chi connectivity index (χ4v) is 3.68. The lowest BCUT2D eigenvalue weighted by molar-refractivity contribution is -0.117. The predicted octanol–water partition coefficient (Wildman–Crippen LogP) is 3.21. The van der Waals surface area contributed by atoms with Crippen LogP contribution in [0.1, 0.15) is 5.56 Å². The molecule has 8 heteroatoms. The van der Waals surface area contributed by atoms with Gasteiger partial charge in [-0.05, 0) is 56.5 Å². The maximum atomic E-state index is 12.1. The van der Waals surface area contributed by atoms with Crippen molar-refractivity contribution < 1.29 is 4.79 Å². The molecule has 1 heterocycles. The molecule has 21 heavy (non-hydrogen) atoms. The monoisotopic (exact) mass is 461 g/mol. The summed E-state index contributed by atoms with van der Waals surface area (Å²) in [6.07, 6.45) is 0. The molecule has 1 aliphatic rings. The molecule has 0 bridgehead atoms. The highest BCUT2D eigenvalue weighted by Gasteiger charge is 2.15. The summed E-state index contributed by atoms with van der Waals surface area (Å²) < 4.78 is 1.79. The zero-order valence-electron chi connectivity index (χ0n) is 11.6. The second kappa shape index (κ2) is 10.0. The van der Waals surface area contributed by atoms with Gasteiger partial charge in [0.05, 0.1) is 12.2 Å². The third-order valence-corrected chi connectivity index (χ3v) is 4.28. The van der Waals surface area contributed by atoms with Crippen LogP contribution >= 0.6 is 56.7 Å². The SMILES string of the molecule is Cc1cc(Br)c(NC(=O)CN2CCNCC2)c(Br)c1.Cl.Cl. The topological polar surface area (TPSA) is 44.4 Å². The summed E-state index contributed by atoms with van der Waals surface area (Å²) in [6, 6.07) is 3.98. The van der Waals surface area contributed by atoms with Crippen LogP contribution in [-0.2, 0) is 4.79 Å². The minimum Gasteiger partial charge on any atom is -0.323 e. The Labute approximate surface area is 154 Å². The van der Waals surface area contributed by atoms with Crippen molar-refractivity contribution in [2.24, 2.45) is 0 Å². The molecule has 0 aliphatic carbocycles. The first-order chi connectivity index (χ1) is 9.06. The Morgan fingerprint density at radius 1 is 1.24 bits per heavy atom. The third-order valence-electron chi connectivity index (χ3n) is 3.03. The number of aryl methyl sites for hydroxylation is 1. The molecule has 1 saturated heterocycles. The number of nitrogens with one attached hydrogen (secondary N) is 2. The largest absolute Gasteiger partial charge is 0.323 e. The highest BCUT2D eigenvalue weighted by molar-refractivity contribution is 9.11. The highest BCUT2D eigenvalue weighted by atomic mass is 79.9. The van der Waals surface area contributed by atoms with Gasteiger partial charge in [0.25, 0.3) is 0 Å². The lowest BCUT2D eigenvalue weighted by Crippen LogP contribution is -2.46. The van der Waals surface area contributed by atoms with Gasteiger partial charge in [-0.25, -0.2) is 0 Å². The number of anilines is 1. The number of amides is 1. The molecule has 1 aliphatic heterocycles. The maximum Gasteiger partial charge on any atom is 0.238 e. The molecule has 4 nitrogen and oxygen atoms in total. The number of carbonyl (C=O) groups is 1. The van der Waals surface area contributed by atoms with Gasteiger partial charge in [-0.2, -0.15) is 0 Å². The Balaban J connectivity index is 0.00000200. The van der Waals surface area contributed by atoms with Crippen molar-refractivity contribution in [2.45, 2.75) is 6.92 Å². The van der Waals surface area contributed by atoms with E-state index in [9.17, 15) is 4.79 Å². The van der Waals surface area contributed by atoms with E-state index in [2.05, 4.69) is 47.4 Å². The molecule has 1 amide bonds. The van der Waals surface area contributed by atoms with Gasteiger partial charge in [-0.1, -0.05) is 0 Å². The summed E-state index contributed by atoms with van der Waals surface area (Å²) >= 11 is 6.97. The summed E-state index contributed by atoms with van der Waals surface area (Å²) in [5, 5.41) is 6.23. The van der Waals surface area contributed by atoms with E-state index in [1.807, 2.05) is 19.1 Å². The van der Waals surface area contributed by atoms with Crippen LogP contribution in [0.3, 0.4) is 0 Å². The summed E-state index contributed by atoms with van der Waals surface area (Å²) in [7, 11) is 0. The predicted molar refractivity (Wildman–Crippen MR) is 99.0 cm³/mol. The Morgan fingerprint density at radius 2 is 1.76 bits per heavy atom. The van der Waals surface area contributed by atoms with Crippen LogP contribution in [-0.4, -0.2) is 43.5 Å². The maximum absolute atomic E-state index is 12.1. The Kier molecular flexibility index (Phi) is 10.1. The van der Waals surface area contributed by atoms with Crippen molar-refractivity contribution in [3.8, 4) is 0 Å². The number of hydrogen-bond acceptors (Lipinski definition) is 3. The van der Waals surface area contributed by atoms with Gasteiger partial charge in [-0.3, -0.25) is 9.69 Å². The fraction of sp³-hybridized carbons (Fsp3) is 0.462. The van der Waals surface area contributed by atoms with E-state index >= 15 is 0 Å². The van der Waals surface area contributed by atoms with Crippen molar-refractivity contribution >= 4 is 68.3 Å². The van der Waals surface area contributed by atoms with Crippen LogP contribution in [0.25, 0.3) is 0 Å². The van der Waals surface area contributed by atoms with Gasteiger partial charge >= 0.3 is 0 Å². The highest BCUT2D eigenvalue weighted by Crippen LogP contribution is 2.32. The molecule has 0 aromatic heterocycles. The lowest BCUT2D eigenvalue weighted by atomic mass is 10.2. The average Bonchev–Trinajstić information content (AvgIpc) is 2.35. The number of piperazine rings is 1. The first-order valence-electron chi connectivity index (χ1n) is 6.25. The summed E-state index contributed by atoms with van der Waals surface area (Å²) in [4.78, 5) is 14.2. The van der Waals surface area contributed by atoms with Gasteiger partial charge in [0.2, 0.25) is 5.91 Å². The second-order valence-corrected chi connectivity index (χ2v) is 6.39. The van der Waals surface area contributed by atoms with Crippen molar-refractivity contribution in [3.05, 3.63) is 26.6 Å². The molecule has 1 aromatic rings. The molecule has 0 unspecified atom stereocenters. The van der Waals surface area contributed by atoms with E-state index < -0.39 is 0 Å². The Hall–Kier alpha value is 0.150. The minimum absolute atomic E-state index is 0. The normalized spacial score (nSPS) is 14.8. The van der Waals surface area contributed by atoms with Crippen LogP contribution in [0, 0.1) is 6.92 Å². The molecule has 0 spiro atoms. The molecule has 2 N–H and O–H groups in total. The van der Waals surface area contributed by atoms with Crippen LogP contribution in [0.4, 0.5) is 5.69 Å². The fourth-order valence-electron chi connectivity index (χ4n) is 2.07. The number of hydrogen-bond donors (Lipinski definition) is 2. The molecular weight excluding hydrogens is 445 g/mol. The molecule has 2 rings (SSSR count). The quantitative estimate of drug-likeness (QED) is 0.723. The smallest absolute Gasteiger partial charge is 0.238 e. The van der Waals surface area contributed by atoms with E-state index in [1.165, 1.54) is 0 Å².